The molecule has 0 aliphatic heterocycles. The van der Waals surface area contributed by atoms with Crippen LogP contribution in [0.5, 0.6) is 5.75 Å². The van der Waals surface area contributed by atoms with Crippen molar-refractivity contribution in [1.29, 1.82) is 0 Å². The minimum absolute atomic E-state index is 0.0275. The highest BCUT2D eigenvalue weighted by Gasteiger charge is 2.19. The molecule has 0 saturated heterocycles. The number of phenols is 1. The molecular weight excluding hydrogens is 250 g/mol. The number of amides is 1. The van der Waals surface area contributed by atoms with Crippen LogP contribution in [0.1, 0.15) is 26.2 Å². The summed E-state index contributed by atoms with van der Waals surface area (Å²) in [4.78, 5) is 21.9. The summed E-state index contributed by atoms with van der Waals surface area (Å²) in [5.41, 5.74) is 5.34. The first-order chi connectivity index (χ1) is 8.95. The van der Waals surface area contributed by atoms with Gasteiger partial charge in [0.15, 0.2) is 0 Å². The molecular formula is C12H17N3O4. The van der Waals surface area contributed by atoms with Crippen molar-refractivity contribution in [3.63, 3.8) is 0 Å². The maximum atomic E-state index is 11.8. The van der Waals surface area contributed by atoms with Crippen LogP contribution in [0.25, 0.3) is 0 Å². The molecule has 0 fully saturated rings. The van der Waals surface area contributed by atoms with E-state index >= 15 is 0 Å². The fraction of sp³-hybridized carbons (Fsp3) is 0.417. The predicted octanol–water partition coefficient (Wildman–Crippen LogP) is 1.76. The Kier molecular flexibility index (Phi) is 5.25. The van der Waals surface area contributed by atoms with E-state index in [9.17, 15) is 20.0 Å². The van der Waals surface area contributed by atoms with Crippen molar-refractivity contribution in [2.45, 2.75) is 32.2 Å². The smallest absolute Gasteiger partial charge is 0.296 e. The van der Waals surface area contributed by atoms with Gasteiger partial charge in [-0.25, -0.2) is 0 Å². The Bertz CT molecular complexity index is 476. The van der Waals surface area contributed by atoms with Crippen LogP contribution in [0.15, 0.2) is 18.2 Å². The molecule has 0 aromatic heterocycles. The average Bonchev–Trinajstić information content (AvgIpc) is 2.37. The van der Waals surface area contributed by atoms with Crippen molar-refractivity contribution in [3.8, 4) is 5.75 Å². The number of nitrogens with zero attached hydrogens (tertiary/aromatic N) is 1. The minimum atomic E-state index is -0.701. The number of anilines is 1. The number of carbonyl (C=O) groups is 1. The molecule has 4 N–H and O–H groups in total. The van der Waals surface area contributed by atoms with E-state index in [2.05, 4.69) is 5.32 Å². The van der Waals surface area contributed by atoms with E-state index in [0.717, 1.165) is 18.9 Å². The second kappa shape index (κ2) is 6.69. The first kappa shape index (κ1) is 14.9. The van der Waals surface area contributed by atoms with Crippen molar-refractivity contribution in [1.82, 2.24) is 0 Å². The largest absolute Gasteiger partial charge is 0.508 e. The van der Waals surface area contributed by atoms with Gasteiger partial charge >= 0.3 is 0 Å². The summed E-state index contributed by atoms with van der Waals surface area (Å²) in [5.74, 6) is -0.706. The molecule has 0 saturated carbocycles. The lowest BCUT2D eigenvalue weighted by Crippen LogP contribution is -2.35. The zero-order valence-electron chi connectivity index (χ0n) is 10.6. The molecule has 1 rings (SSSR count). The summed E-state index contributed by atoms with van der Waals surface area (Å²) in [6.07, 6.45) is 2.25. The Morgan fingerprint density at radius 1 is 1.58 bits per heavy atom. The van der Waals surface area contributed by atoms with Crippen LogP contribution in [0.3, 0.4) is 0 Å². The lowest BCUT2D eigenvalue weighted by molar-refractivity contribution is -0.384. The van der Waals surface area contributed by atoms with Gasteiger partial charge in [-0.3, -0.25) is 14.9 Å². The van der Waals surface area contributed by atoms with E-state index in [1.54, 1.807) is 0 Å². The highest BCUT2D eigenvalue weighted by molar-refractivity contribution is 5.96. The van der Waals surface area contributed by atoms with Crippen molar-refractivity contribution in [2.75, 3.05) is 5.32 Å². The van der Waals surface area contributed by atoms with Crippen molar-refractivity contribution < 1.29 is 14.8 Å². The first-order valence-corrected chi connectivity index (χ1v) is 5.99. The van der Waals surface area contributed by atoms with Gasteiger partial charge in [-0.2, -0.15) is 0 Å². The quantitative estimate of drug-likeness (QED) is 0.412. The Hall–Kier alpha value is -2.15. The molecule has 7 nitrogen and oxygen atoms in total. The van der Waals surface area contributed by atoms with Gasteiger partial charge in [0.05, 0.1) is 17.0 Å². The number of hydrogen-bond acceptors (Lipinski definition) is 5. The number of phenolic OH excluding ortho intramolecular Hbond substituents is 1. The van der Waals surface area contributed by atoms with Crippen LogP contribution in [0, 0.1) is 10.1 Å². The Morgan fingerprint density at radius 3 is 2.84 bits per heavy atom. The standard InChI is InChI=1S/C12H17N3O4/c1-2-3-4-9(13)12(17)14-10-6-5-8(16)7-11(10)15(18)19/h5-7,9,16H,2-4,13H2,1H3,(H,14,17)/t9-/m0/s1. The van der Waals surface area contributed by atoms with E-state index < -0.39 is 16.9 Å². The molecule has 0 heterocycles. The zero-order valence-corrected chi connectivity index (χ0v) is 10.6. The lowest BCUT2D eigenvalue weighted by atomic mass is 10.1. The molecule has 1 aromatic rings. The molecule has 0 bridgehead atoms. The maximum Gasteiger partial charge on any atom is 0.296 e. The molecule has 1 aromatic carbocycles. The average molecular weight is 267 g/mol. The summed E-state index contributed by atoms with van der Waals surface area (Å²) >= 11 is 0. The second-order valence-corrected chi connectivity index (χ2v) is 4.20. The molecule has 104 valence electrons. The summed E-state index contributed by atoms with van der Waals surface area (Å²) < 4.78 is 0. The van der Waals surface area contributed by atoms with Gasteiger partial charge in [0.2, 0.25) is 5.91 Å². The molecule has 0 spiro atoms. The number of nitro groups is 1. The van der Waals surface area contributed by atoms with Crippen LogP contribution in [-0.4, -0.2) is 22.0 Å². The second-order valence-electron chi connectivity index (χ2n) is 4.20. The SMILES string of the molecule is CCCC[C@H](N)C(=O)Nc1ccc(O)cc1[N+](=O)[O-]. The third kappa shape index (κ3) is 4.22. The van der Waals surface area contributed by atoms with Gasteiger partial charge in [-0.15, -0.1) is 0 Å². The topological polar surface area (TPSA) is 118 Å². The van der Waals surface area contributed by atoms with E-state index in [1.807, 2.05) is 6.92 Å². The molecule has 0 aliphatic carbocycles. The van der Waals surface area contributed by atoms with Crippen molar-refractivity contribution in [3.05, 3.63) is 28.3 Å². The molecule has 0 unspecified atom stereocenters. The molecule has 7 heteroatoms. The minimum Gasteiger partial charge on any atom is -0.508 e. The van der Waals surface area contributed by atoms with Gasteiger partial charge in [-0.05, 0) is 18.6 Å². The van der Waals surface area contributed by atoms with Crippen molar-refractivity contribution in [2.24, 2.45) is 5.73 Å². The van der Waals surface area contributed by atoms with Crippen LogP contribution in [-0.2, 0) is 4.79 Å². The molecule has 19 heavy (non-hydrogen) atoms. The monoisotopic (exact) mass is 267 g/mol. The number of nitro benzene ring substituents is 1. The Balaban J connectivity index is 2.81. The molecule has 0 radical (unpaired) electrons. The van der Waals surface area contributed by atoms with Gasteiger partial charge < -0.3 is 16.2 Å². The van der Waals surface area contributed by atoms with Crippen LogP contribution >= 0.6 is 0 Å². The number of aromatic hydroxyl groups is 1. The van der Waals surface area contributed by atoms with Gasteiger partial charge in [0.25, 0.3) is 5.69 Å². The van der Waals surface area contributed by atoms with Crippen LogP contribution in [0.4, 0.5) is 11.4 Å². The van der Waals surface area contributed by atoms with Crippen molar-refractivity contribution >= 4 is 17.3 Å². The number of rotatable bonds is 6. The summed E-state index contributed by atoms with van der Waals surface area (Å²) in [6.45, 7) is 1.98. The molecule has 1 amide bonds. The molecule has 1 atom stereocenters. The summed E-state index contributed by atoms with van der Waals surface area (Å²) in [5, 5.41) is 22.4. The van der Waals surface area contributed by atoms with E-state index in [1.165, 1.54) is 12.1 Å². The zero-order chi connectivity index (χ0) is 14.4. The first-order valence-electron chi connectivity index (χ1n) is 5.99. The number of carbonyl (C=O) groups excluding carboxylic acids is 1. The third-order valence-electron chi connectivity index (χ3n) is 2.64. The number of unbranched alkanes of at least 4 members (excludes halogenated alkanes) is 1. The lowest BCUT2D eigenvalue weighted by Gasteiger charge is -2.11. The highest BCUT2D eigenvalue weighted by Crippen LogP contribution is 2.28. The van der Waals surface area contributed by atoms with E-state index in [4.69, 9.17) is 5.73 Å². The normalized spacial score (nSPS) is 11.9. The van der Waals surface area contributed by atoms with Gasteiger partial charge in [-0.1, -0.05) is 19.8 Å². The van der Waals surface area contributed by atoms with E-state index in [0.29, 0.717) is 6.42 Å². The Morgan fingerprint density at radius 2 is 2.26 bits per heavy atom. The summed E-state index contributed by atoms with van der Waals surface area (Å²) in [7, 11) is 0. The molecule has 0 aliphatic rings. The number of hydrogen-bond donors (Lipinski definition) is 3. The number of nitrogens with two attached hydrogens (primary N) is 1. The third-order valence-corrected chi connectivity index (χ3v) is 2.64. The Labute approximate surface area is 110 Å². The van der Waals surface area contributed by atoms with Gasteiger partial charge in [0.1, 0.15) is 11.4 Å². The predicted molar refractivity (Wildman–Crippen MR) is 70.9 cm³/mol. The fourth-order valence-corrected chi connectivity index (χ4v) is 1.56. The maximum absolute atomic E-state index is 11.8. The summed E-state index contributed by atoms with van der Waals surface area (Å²) in [6, 6.07) is 2.82. The van der Waals surface area contributed by atoms with Crippen LogP contribution < -0.4 is 11.1 Å². The fourth-order valence-electron chi connectivity index (χ4n) is 1.56. The van der Waals surface area contributed by atoms with Gasteiger partial charge in [0, 0.05) is 0 Å². The number of nitrogens with one attached hydrogen (secondary N) is 1. The van der Waals surface area contributed by atoms with E-state index in [-0.39, 0.29) is 17.1 Å². The van der Waals surface area contributed by atoms with Crippen LogP contribution in [0.2, 0.25) is 0 Å². The number of benzene rings is 1. The highest BCUT2D eigenvalue weighted by atomic mass is 16.6.